The van der Waals surface area contributed by atoms with Crippen LogP contribution >= 0.6 is 0 Å². The Hall–Kier alpha value is -2.89. The predicted octanol–water partition coefficient (Wildman–Crippen LogP) is 2.20. The summed E-state index contributed by atoms with van der Waals surface area (Å²) in [6.45, 7) is 0. The molecule has 2 aromatic carbocycles. The van der Waals surface area contributed by atoms with Crippen molar-refractivity contribution >= 4 is 28.7 Å². The van der Waals surface area contributed by atoms with E-state index < -0.39 is 17.9 Å². The predicted molar refractivity (Wildman–Crippen MR) is 78.0 cm³/mol. The molecule has 6 heteroatoms. The molecule has 0 saturated carbocycles. The molecule has 0 amide bonds. The van der Waals surface area contributed by atoms with Crippen molar-refractivity contribution < 1.29 is 28.6 Å². The van der Waals surface area contributed by atoms with Crippen LogP contribution in [0.5, 0.6) is 0 Å². The summed E-state index contributed by atoms with van der Waals surface area (Å²) < 4.78 is 14.2. The number of rotatable bonds is 3. The summed E-state index contributed by atoms with van der Waals surface area (Å²) in [5.41, 5.74) is 0.178. The Bertz CT molecular complexity index is 763. The van der Waals surface area contributed by atoms with Gasteiger partial charge in [0.05, 0.1) is 38.0 Å². The van der Waals surface area contributed by atoms with Crippen LogP contribution in [0.3, 0.4) is 0 Å². The summed E-state index contributed by atoms with van der Waals surface area (Å²) in [6.07, 6.45) is 0. The number of ether oxygens (including phenoxy) is 3. The van der Waals surface area contributed by atoms with Crippen LogP contribution in [0, 0.1) is 0 Å². The summed E-state index contributed by atoms with van der Waals surface area (Å²) in [4.78, 5) is 36.0. The summed E-state index contributed by atoms with van der Waals surface area (Å²) in [7, 11) is 3.64. The van der Waals surface area contributed by atoms with E-state index in [1.807, 2.05) is 0 Å². The second kappa shape index (κ2) is 6.26. The van der Waals surface area contributed by atoms with Gasteiger partial charge in [0.25, 0.3) is 0 Å². The Morgan fingerprint density at radius 2 is 1.23 bits per heavy atom. The van der Waals surface area contributed by atoms with E-state index in [4.69, 9.17) is 14.2 Å². The fourth-order valence-corrected chi connectivity index (χ4v) is 2.25. The number of hydrogen-bond acceptors (Lipinski definition) is 6. The Balaban J connectivity index is 2.93. The van der Waals surface area contributed by atoms with Crippen LogP contribution < -0.4 is 0 Å². The highest BCUT2D eigenvalue weighted by molar-refractivity contribution is 6.17. The van der Waals surface area contributed by atoms with E-state index >= 15 is 0 Å². The minimum atomic E-state index is -0.740. The van der Waals surface area contributed by atoms with Gasteiger partial charge in [0.2, 0.25) is 0 Å². The third-order valence-corrected chi connectivity index (χ3v) is 3.24. The van der Waals surface area contributed by atoms with E-state index in [2.05, 4.69) is 0 Å². The Morgan fingerprint density at radius 1 is 0.727 bits per heavy atom. The normalized spacial score (nSPS) is 10.1. The highest BCUT2D eigenvalue weighted by Gasteiger charge is 2.25. The second-order valence-electron chi connectivity index (χ2n) is 4.37. The van der Waals surface area contributed by atoms with Gasteiger partial charge in [-0.25, -0.2) is 14.4 Å². The van der Waals surface area contributed by atoms with Gasteiger partial charge in [0.1, 0.15) is 0 Å². The van der Waals surface area contributed by atoms with Gasteiger partial charge in [-0.3, -0.25) is 0 Å². The zero-order valence-electron chi connectivity index (χ0n) is 12.3. The molecule has 6 nitrogen and oxygen atoms in total. The van der Waals surface area contributed by atoms with E-state index in [0.29, 0.717) is 10.8 Å². The molecule has 0 aliphatic heterocycles. The van der Waals surface area contributed by atoms with Crippen LogP contribution in [0.15, 0.2) is 30.3 Å². The zero-order valence-corrected chi connectivity index (χ0v) is 12.3. The lowest BCUT2D eigenvalue weighted by atomic mass is 9.94. The van der Waals surface area contributed by atoms with E-state index in [0.717, 1.165) is 0 Å². The molecule has 0 radical (unpaired) electrons. The molecule has 2 rings (SSSR count). The molecule has 0 aliphatic rings. The van der Waals surface area contributed by atoms with Crippen LogP contribution in [0.4, 0.5) is 0 Å². The van der Waals surface area contributed by atoms with Crippen molar-refractivity contribution in [3.8, 4) is 0 Å². The summed E-state index contributed by atoms with van der Waals surface area (Å²) in [5, 5.41) is 0.903. The van der Waals surface area contributed by atoms with Crippen molar-refractivity contribution in [2.75, 3.05) is 21.3 Å². The van der Waals surface area contributed by atoms with Crippen molar-refractivity contribution in [3.63, 3.8) is 0 Å². The van der Waals surface area contributed by atoms with Gasteiger partial charge >= 0.3 is 17.9 Å². The number of hydrogen-bond donors (Lipinski definition) is 0. The lowest BCUT2D eigenvalue weighted by Crippen LogP contribution is -2.15. The fourth-order valence-electron chi connectivity index (χ4n) is 2.25. The summed E-state index contributed by atoms with van der Waals surface area (Å²) in [6, 6.07) is 7.98. The maximum atomic E-state index is 12.1. The Labute approximate surface area is 126 Å². The van der Waals surface area contributed by atoms with Crippen molar-refractivity contribution in [2.24, 2.45) is 0 Å². The van der Waals surface area contributed by atoms with Crippen molar-refractivity contribution in [1.82, 2.24) is 0 Å². The molecule has 0 spiro atoms. The monoisotopic (exact) mass is 302 g/mol. The standard InChI is InChI=1S/C16H14O6/c1-20-14(17)11-8-12(15(18)21-2)13(16(19)22-3)10-7-5-4-6-9(10)11/h4-8H,1-3H3. The van der Waals surface area contributed by atoms with E-state index in [1.54, 1.807) is 24.3 Å². The van der Waals surface area contributed by atoms with Gasteiger partial charge in [-0.05, 0) is 16.8 Å². The number of esters is 3. The highest BCUT2D eigenvalue weighted by atomic mass is 16.5. The molecule has 0 aromatic heterocycles. The molecule has 0 bridgehead atoms. The molecule has 114 valence electrons. The van der Waals surface area contributed by atoms with Gasteiger partial charge in [-0.1, -0.05) is 24.3 Å². The first-order chi connectivity index (χ1) is 10.5. The van der Waals surface area contributed by atoms with Crippen LogP contribution in [0.2, 0.25) is 0 Å². The highest BCUT2D eigenvalue weighted by Crippen LogP contribution is 2.28. The first-order valence-electron chi connectivity index (χ1n) is 6.35. The lowest BCUT2D eigenvalue weighted by Gasteiger charge is -2.13. The van der Waals surface area contributed by atoms with Gasteiger partial charge in [0.15, 0.2) is 0 Å². The molecule has 0 fully saturated rings. The molecule has 22 heavy (non-hydrogen) atoms. The van der Waals surface area contributed by atoms with E-state index in [9.17, 15) is 14.4 Å². The topological polar surface area (TPSA) is 78.9 Å². The number of fused-ring (bicyclic) bond motifs is 1. The maximum Gasteiger partial charge on any atom is 0.339 e. The molecule has 0 unspecified atom stereocenters. The van der Waals surface area contributed by atoms with Gasteiger partial charge in [0, 0.05) is 0 Å². The minimum absolute atomic E-state index is 0.0477. The number of carbonyl (C=O) groups excluding carboxylic acids is 3. The van der Waals surface area contributed by atoms with Gasteiger partial charge in [-0.15, -0.1) is 0 Å². The minimum Gasteiger partial charge on any atom is -0.465 e. The first kappa shape index (κ1) is 15.5. The molecule has 2 aromatic rings. The van der Waals surface area contributed by atoms with Crippen LogP contribution in [0.25, 0.3) is 10.8 Å². The fraction of sp³-hybridized carbons (Fsp3) is 0.188. The SMILES string of the molecule is COC(=O)c1cc(C(=O)OC)c2ccccc2c1C(=O)OC. The van der Waals surface area contributed by atoms with Crippen LogP contribution in [0.1, 0.15) is 31.1 Å². The lowest BCUT2D eigenvalue weighted by molar-refractivity contribution is 0.0555. The largest absolute Gasteiger partial charge is 0.465 e. The molecule has 0 N–H and O–H groups in total. The molecule has 0 aliphatic carbocycles. The Kier molecular flexibility index (Phi) is 4.41. The van der Waals surface area contributed by atoms with Gasteiger partial charge in [-0.2, -0.15) is 0 Å². The first-order valence-corrected chi connectivity index (χ1v) is 6.35. The molecule has 0 heterocycles. The summed E-state index contributed by atoms with van der Waals surface area (Å²) >= 11 is 0. The third kappa shape index (κ3) is 2.50. The van der Waals surface area contributed by atoms with E-state index in [-0.39, 0.29) is 16.7 Å². The number of benzene rings is 2. The van der Waals surface area contributed by atoms with Crippen molar-refractivity contribution in [2.45, 2.75) is 0 Å². The van der Waals surface area contributed by atoms with Crippen molar-refractivity contribution in [1.29, 1.82) is 0 Å². The average molecular weight is 302 g/mol. The molecule has 0 atom stereocenters. The van der Waals surface area contributed by atoms with E-state index in [1.165, 1.54) is 27.4 Å². The van der Waals surface area contributed by atoms with Crippen LogP contribution in [-0.2, 0) is 14.2 Å². The number of methoxy groups -OCH3 is 3. The smallest absolute Gasteiger partial charge is 0.339 e. The maximum absolute atomic E-state index is 12.1. The number of carbonyl (C=O) groups is 3. The summed E-state index contributed by atoms with van der Waals surface area (Å²) in [5.74, 6) is -2.04. The molecular formula is C16H14O6. The second-order valence-corrected chi connectivity index (χ2v) is 4.37. The zero-order chi connectivity index (χ0) is 16.3. The average Bonchev–Trinajstić information content (AvgIpc) is 2.58. The molecule has 0 saturated heterocycles. The Morgan fingerprint density at radius 3 is 1.77 bits per heavy atom. The molecular weight excluding hydrogens is 288 g/mol. The van der Waals surface area contributed by atoms with Gasteiger partial charge < -0.3 is 14.2 Å². The third-order valence-electron chi connectivity index (χ3n) is 3.24. The van der Waals surface area contributed by atoms with Crippen molar-refractivity contribution in [3.05, 3.63) is 47.0 Å². The quantitative estimate of drug-likeness (QED) is 0.639. The van der Waals surface area contributed by atoms with Crippen LogP contribution in [-0.4, -0.2) is 39.2 Å².